The van der Waals surface area contributed by atoms with Crippen LogP contribution >= 0.6 is 22.9 Å². The Balaban J connectivity index is 1.50. The molecule has 5 rings (SSSR count). The van der Waals surface area contributed by atoms with E-state index >= 15 is 0 Å². The Hall–Kier alpha value is -3.20. The van der Waals surface area contributed by atoms with E-state index in [2.05, 4.69) is 5.32 Å². The van der Waals surface area contributed by atoms with Gasteiger partial charge in [0.15, 0.2) is 0 Å². The lowest BCUT2D eigenvalue weighted by atomic mass is 9.76. The minimum Gasteiger partial charge on any atom is -0.477 e. The molecule has 2 amide bonds. The summed E-state index contributed by atoms with van der Waals surface area (Å²) in [7, 11) is 0. The van der Waals surface area contributed by atoms with Crippen LogP contribution in [0.3, 0.4) is 0 Å². The van der Waals surface area contributed by atoms with E-state index in [0.29, 0.717) is 42.0 Å². The number of nitrogens with one attached hydrogen (secondary N) is 1. The molecule has 1 aromatic heterocycles. The van der Waals surface area contributed by atoms with Crippen LogP contribution in [0.4, 0.5) is 0 Å². The highest BCUT2D eigenvalue weighted by atomic mass is 35.5. The van der Waals surface area contributed by atoms with Crippen molar-refractivity contribution in [3.8, 4) is 0 Å². The molecule has 2 aliphatic rings. The molecule has 38 heavy (non-hydrogen) atoms. The van der Waals surface area contributed by atoms with Crippen molar-refractivity contribution >= 4 is 40.7 Å². The number of aliphatic hydroxyl groups is 1. The van der Waals surface area contributed by atoms with Gasteiger partial charge in [-0.3, -0.25) is 9.59 Å². The first-order valence-corrected chi connectivity index (χ1v) is 14.0. The molecule has 9 heteroatoms. The second-order valence-corrected chi connectivity index (χ2v) is 11.2. The van der Waals surface area contributed by atoms with Crippen LogP contribution in [0.1, 0.15) is 74.4 Å². The van der Waals surface area contributed by atoms with Crippen molar-refractivity contribution < 1.29 is 24.6 Å². The van der Waals surface area contributed by atoms with E-state index in [0.717, 1.165) is 35.3 Å². The van der Waals surface area contributed by atoms with Crippen molar-refractivity contribution in [1.82, 2.24) is 10.2 Å². The molecule has 0 radical (unpaired) electrons. The average molecular weight is 553 g/mol. The van der Waals surface area contributed by atoms with Crippen LogP contribution in [0.15, 0.2) is 60.0 Å². The maximum Gasteiger partial charge on any atom is 0.345 e. The van der Waals surface area contributed by atoms with Crippen LogP contribution in [0.25, 0.3) is 0 Å². The average Bonchev–Trinajstić information content (AvgIpc) is 3.39. The van der Waals surface area contributed by atoms with Crippen molar-refractivity contribution in [2.45, 2.75) is 56.2 Å². The molecule has 1 saturated carbocycles. The molecule has 4 atom stereocenters. The number of fused-ring (bicyclic) bond motifs is 1. The summed E-state index contributed by atoms with van der Waals surface area (Å²) < 4.78 is 0. The number of hydrogen-bond acceptors (Lipinski definition) is 5. The van der Waals surface area contributed by atoms with Gasteiger partial charge in [0.1, 0.15) is 4.88 Å². The monoisotopic (exact) mass is 552 g/mol. The topological polar surface area (TPSA) is 107 Å². The number of rotatable bonds is 7. The first-order valence-electron chi connectivity index (χ1n) is 12.8. The minimum atomic E-state index is -0.968. The number of carboxylic acids is 1. The number of amides is 2. The molecular formula is C29H29ClN2O5S. The van der Waals surface area contributed by atoms with Gasteiger partial charge < -0.3 is 20.4 Å². The predicted molar refractivity (Wildman–Crippen MR) is 146 cm³/mol. The number of carboxylic acid groups (broad SMARTS) is 1. The van der Waals surface area contributed by atoms with Crippen LogP contribution in [-0.4, -0.2) is 51.6 Å². The number of hydrogen-bond donors (Lipinski definition) is 3. The summed E-state index contributed by atoms with van der Waals surface area (Å²) in [4.78, 5) is 41.0. The Kier molecular flexibility index (Phi) is 7.83. The van der Waals surface area contributed by atoms with Gasteiger partial charge >= 0.3 is 5.97 Å². The Bertz CT molecular complexity index is 1340. The van der Waals surface area contributed by atoms with Gasteiger partial charge in [-0.2, -0.15) is 0 Å². The Morgan fingerprint density at radius 1 is 1.08 bits per heavy atom. The standard InChI is InChI=1S/C29H29ClN2O5S/c30-19-11-9-18(10-12-19)26-25(27(34)31-14-13-17-15-24(29(36)37)38-16-17)20-5-1-2-6-21(20)28(35)32(26)22-7-3-4-8-23(22)33/h1-2,5-6,9-12,15-16,22-23,25-26,33H,3-4,7-8,13-14H2,(H,31,34)(H,36,37)/t22-,23-,25+,26-/m0/s1. The summed E-state index contributed by atoms with van der Waals surface area (Å²) in [6, 6.07) is 15.0. The summed E-state index contributed by atoms with van der Waals surface area (Å²) in [6.07, 6.45) is 2.89. The number of carbonyl (C=O) groups excluding carboxylic acids is 2. The van der Waals surface area contributed by atoms with E-state index in [4.69, 9.17) is 11.6 Å². The first-order chi connectivity index (χ1) is 18.3. The van der Waals surface area contributed by atoms with Gasteiger partial charge in [0.05, 0.1) is 24.1 Å². The fraction of sp³-hybridized carbons (Fsp3) is 0.345. The van der Waals surface area contributed by atoms with Crippen LogP contribution in [0.5, 0.6) is 0 Å². The fourth-order valence-corrected chi connectivity index (χ4v) is 6.60. The van der Waals surface area contributed by atoms with Crippen LogP contribution < -0.4 is 5.32 Å². The number of thiophene rings is 1. The summed E-state index contributed by atoms with van der Waals surface area (Å²) in [5.41, 5.74) is 2.74. The van der Waals surface area contributed by atoms with Crippen molar-refractivity contribution in [2.24, 2.45) is 0 Å². The second-order valence-electron chi connectivity index (χ2n) is 9.86. The van der Waals surface area contributed by atoms with Gasteiger partial charge in [-0.1, -0.05) is 54.8 Å². The van der Waals surface area contributed by atoms with Gasteiger partial charge in [-0.05, 0) is 65.6 Å². The van der Waals surface area contributed by atoms with E-state index in [1.54, 1.807) is 40.6 Å². The number of carbonyl (C=O) groups is 3. The largest absolute Gasteiger partial charge is 0.477 e. The quantitative estimate of drug-likeness (QED) is 0.380. The molecular weight excluding hydrogens is 524 g/mol. The highest BCUT2D eigenvalue weighted by Gasteiger charge is 2.48. The highest BCUT2D eigenvalue weighted by molar-refractivity contribution is 7.12. The summed E-state index contributed by atoms with van der Waals surface area (Å²) in [6.45, 7) is 0.320. The van der Waals surface area contributed by atoms with Gasteiger partial charge in [0.2, 0.25) is 5.91 Å². The summed E-state index contributed by atoms with van der Waals surface area (Å²) in [5, 5.41) is 25.5. The first kappa shape index (κ1) is 26.4. The third-order valence-electron chi connectivity index (χ3n) is 7.50. The molecule has 1 aliphatic carbocycles. The lowest BCUT2D eigenvalue weighted by Crippen LogP contribution is -2.55. The van der Waals surface area contributed by atoms with Crippen molar-refractivity contribution in [3.63, 3.8) is 0 Å². The number of halogens is 1. The van der Waals surface area contributed by atoms with Crippen LogP contribution in [0, 0.1) is 0 Å². The number of nitrogens with zero attached hydrogens (tertiary/aromatic N) is 1. The zero-order valence-corrected chi connectivity index (χ0v) is 22.3. The van der Waals surface area contributed by atoms with E-state index in [9.17, 15) is 24.6 Å². The molecule has 3 aromatic rings. The molecule has 1 fully saturated rings. The smallest absolute Gasteiger partial charge is 0.345 e. The molecule has 7 nitrogen and oxygen atoms in total. The van der Waals surface area contributed by atoms with Gasteiger partial charge in [0, 0.05) is 17.1 Å². The highest BCUT2D eigenvalue weighted by Crippen LogP contribution is 2.46. The fourth-order valence-electron chi connectivity index (χ4n) is 5.69. The number of benzene rings is 2. The van der Waals surface area contributed by atoms with Gasteiger partial charge in [-0.25, -0.2) is 4.79 Å². The number of aromatic carboxylic acids is 1. The molecule has 2 heterocycles. The molecule has 3 N–H and O–H groups in total. The van der Waals surface area contributed by atoms with Gasteiger partial charge in [-0.15, -0.1) is 11.3 Å². The van der Waals surface area contributed by atoms with E-state index in [1.165, 1.54) is 0 Å². The Morgan fingerprint density at radius 3 is 2.53 bits per heavy atom. The maximum atomic E-state index is 13.9. The van der Waals surface area contributed by atoms with E-state index in [-0.39, 0.29) is 16.7 Å². The minimum absolute atomic E-state index is 0.185. The zero-order valence-electron chi connectivity index (χ0n) is 20.7. The summed E-state index contributed by atoms with van der Waals surface area (Å²) >= 11 is 7.34. The van der Waals surface area contributed by atoms with Crippen molar-refractivity contribution in [3.05, 3.63) is 92.1 Å². The Morgan fingerprint density at radius 2 is 1.82 bits per heavy atom. The maximum absolute atomic E-state index is 13.9. The van der Waals surface area contributed by atoms with Crippen LogP contribution in [-0.2, 0) is 11.2 Å². The molecule has 0 bridgehead atoms. The third kappa shape index (κ3) is 5.21. The van der Waals surface area contributed by atoms with Crippen LogP contribution in [0.2, 0.25) is 5.02 Å². The molecule has 2 aromatic carbocycles. The molecule has 0 spiro atoms. The molecule has 0 saturated heterocycles. The summed E-state index contributed by atoms with van der Waals surface area (Å²) in [5.74, 6) is -2.08. The molecule has 1 aliphatic heterocycles. The second kappa shape index (κ2) is 11.3. The third-order valence-corrected chi connectivity index (χ3v) is 8.72. The van der Waals surface area contributed by atoms with E-state index in [1.807, 2.05) is 24.3 Å². The van der Waals surface area contributed by atoms with Crippen molar-refractivity contribution in [1.29, 1.82) is 0 Å². The van der Waals surface area contributed by atoms with E-state index < -0.39 is 30.1 Å². The van der Waals surface area contributed by atoms with Crippen molar-refractivity contribution in [2.75, 3.05) is 6.54 Å². The SMILES string of the molecule is O=C(O)c1cc(CCNC(=O)[C@@H]2c3ccccc3C(=O)N([C@H]3CCCC[C@@H]3O)[C@H]2c2ccc(Cl)cc2)cs1. The Labute approximate surface area is 230 Å². The predicted octanol–water partition coefficient (Wildman–Crippen LogP) is 5.04. The van der Waals surface area contributed by atoms with Gasteiger partial charge in [0.25, 0.3) is 5.91 Å². The number of aliphatic hydroxyl groups excluding tert-OH is 1. The lowest BCUT2D eigenvalue weighted by molar-refractivity contribution is -0.125. The molecule has 0 unspecified atom stereocenters. The normalized spacial score (nSPS) is 23.1. The zero-order chi connectivity index (χ0) is 26.8. The lowest BCUT2D eigenvalue weighted by Gasteiger charge is -2.48. The molecule has 198 valence electrons.